The molecule has 3 aromatic heterocycles. The average Bonchev–Trinajstić information content (AvgIpc) is 3.50. The van der Waals surface area contributed by atoms with Gasteiger partial charge in [-0.1, -0.05) is 0 Å². The summed E-state index contributed by atoms with van der Waals surface area (Å²) >= 11 is 0. The number of likely N-dealkylation sites (N-methyl/N-ethyl adjacent to an activating group) is 1. The molecule has 38 heavy (non-hydrogen) atoms. The Morgan fingerprint density at radius 2 is 2.00 bits per heavy atom. The lowest BCUT2D eigenvalue weighted by Gasteiger charge is -2.18. The Bertz CT molecular complexity index is 1470. The van der Waals surface area contributed by atoms with Gasteiger partial charge in [-0.3, -0.25) is 14.5 Å². The van der Waals surface area contributed by atoms with Crippen LogP contribution in [0.3, 0.4) is 0 Å². The summed E-state index contributed by atoms with van der Waals surface area (Å²) in [5, 5.41) is 7.61. The number of amides is 1. The molecule has 1 aliphatic heterocycles. The number of benzene rings is 1. The molecule has 0 bridgehead atoms. The van der Waals surface area contributed by atoms with E-state index in [4.69, 9.17) is 9.47 Å². The third-order valence-corrected chi connectivity index (χ3v) is 6.21. The Morgan fingerprint density at radius 1 is 1.16 bits per heavy atom. The smallest absolute Gasteiger partial charge is 0.230 e. The van der Waals surface area contributed by atoms with Crippen LogP contribution in [0.1, 0.15) is 32.9 Å². The standard InChI is InChI=1S/C27H30FN7O3/c1-27(2,3)35-14-17(12-32-35)33-25(36)11-24-22(28)10-20(13-29-24)38-26-21-9-18(5-6-23(21)30-16-31-26)37-19-7-8-34(4)15-19/h5-6,9-10,12-14,16,19H,7-8,11,15H2,1-4H3,(H,33,36)/t19-/m1/s1. The Morgan fingerprint density at radius 3 is 2.71 bits per heavy atom. The number of ether oxygens (including phenoxy) is 2. The Balaban J connectivity index is 1.27. The van der Waals surface area contributed by atoms with E-state index in [9.17, 15) is 9.18 Å². The average molecular weight is 520 g/mol. The van der Waals surface area contributed by atoms with Gasteiger partial charge in [0.1, 0.15) is 24.0 Å². The number of rotatable bonds is 7. The van der Waals surface area contributed by atoms with Gasteiger partial charge in [0.25, 0.3) is 0 Å². The number of aromatic nitrogens is 5. The van der Waals surface area contributed by atoms with Crippen molar-refractivity contribution < 1.29 is 18.7 Å². The monoisotopic (exact) mass is 519 g/mol. The number of hydrogen-bond acceptors (Lipinski definition) is 8. The van der Waals surface area contributed by atoms with Crippen molar-refractivity contribution in [2.24, 2.45) is 0 Å². The quantitative estimate of drug-likeness (QED) is 0.388. The highest BCUT2D eigenvalue weighted by molar-refractivity contribution is 5.91. The highest BCUT2D eigenvalue weighted by Crippen LogP contribution is 2.31. The van der Waals surface area contributed by atoms with E-state index in [2.05, 4.69) is 37.3 Å². The van der Waals surface area contributed by atoms with Crippen molar-refractivity contribution in [3.05, 3.63) is 60.7 Å². The lowest BCUT2D eigenvalue weighted by atomic mass is 10.1. The zero-order valence-corrected chi connectivity index (χ0v) is 21.8. The molecule has 1 N–H and O–H groups in total. The van der Waals surface area contributed by atoms with Crippen molar-refractivity contribution in [3.8, 4) is 17.4 Å². The topological polar surface area (TPSA) is 107 Å². The molecule has 198 valence electrons. The molecule has 0 radical (unpaired) electrons. The number of hydrogen-bond donors (Lipinski definition) is 1. The summed E-state index contributed by atoms with van der Waals surface area (Å²) in [6.07, 6.45) is 6.87. The van der Waals surface area contributed by atoms with Gasteiger partial charge in [0, 0.05) is 25.4 Å². The third kappa shape index (κ3) is 5.88. The molecule has 4 aromatic rings. The van der Waals surface area contributed by atoms with Gasteiger partial charge in [-0.2, -0.15) is 5.10 Å². The molecule has 0 unspecified atom stereocenters. The van der Waals surface area contributed by atoms with Crippen LogP contribution in [0.4, 0.5) is 10.1 Å². The van der Waals surface area contributed by atoms with E-state index in [1.54, 1.807) is 17.1 Å². The molecule has 1 aromatic carbocycles. The van der Waals surface area contributed by atoms with Crippen molar-refractivity contribution in [1.82, 2.24) is 29.6 Å². The van der Waals surface area contributed by atoms with Crippen LogP contribution >= 0.6 is 0 Å². The van der Waals surface area contributed by atoms with Gasteiger partial charge < -0.3 is 19.7 Å². The van der Waals surface area contributed by atoms with Crippen LogP contribution in [-0.4, -0.2) is 61.8 Å². The predicted octanol–water partition coefficient (Wildman–Crippen LogP) is 4.17. The summed E-state index contributed by atoms with van der Waals surface area (Å²) in [4.78, 5) is 27.3. The van der Waals surface area contributed by atoms with Crippen LogP contribution in [-0.2, 0) is 16.8 Å². The van der Waals surface area contributed by atoms with E-state index >= 15 is 0 Å². The number of nitrogens with zero attached hydrogens (tertiary/aromatic N) is 6. The SMILES string of the molecule is CN1CC[C@@H](Oc2ccc3ncnc(Oc4cnc(CC(=O)Nc5cnn(C(C)(C)C)c5)c(F)c4)c3c2)C1. The normalized spacial score (nSPS) is 16.1. The molecule has 0 spiro atoms. The summed E-state index contributed by atoms with van der Waals surface area (Å²) in [5.74, 6) is 0.0432. The molecule has 1 aliphatic rings. The summed E-state index contributed by atoms with van der Waals surface area (Å²) in [7, 11) is 2.07. The maximum Gasteiger partial charge on any atom is 0.230 e. The van der Waals surface area contributed by atoms with Gasteiger partial charge in [0.05, 0.1) is 46.6 Å². The minimum absolute atomic E-state index is 0.00262. The van der Waals surface area contributed by atoms with Crippen LogP contribution in [0, 0.1) is 5.82 Å². The van der Waals surface area contributed by atoms with Gasteiger partial charge in [-0.05, 0) is 52.4 Å². The fourth-order valence-electron chi connectivity index (χ4n) is 4.21. The van der Waals surface area contributed by atoms with E-state index in [1.807, 2.05) is 39.0 Å². The first kappa shape index (κ1) is 25.5. The Kier molecular flexibility index (Phi) is 6.94. The molecule has 1 fully saturated rings. The van der Waals surface area contributed by atoms with Gasteiger partial charge in [-0.15, -0.1) is 0 Å². The lowest BCUT2D eigenvalue weighted by molar-refractivity contribution is -0.115. The molecule has 0 aliphatic carbocycles. The predicted molar refractivity (Wildman–Crippen MR) is 140 cm³/mol. The van der Waals surface area contributed by atoms with Crippen molar-refractivity contribution >= 4 is 22.5 Å². The van der Waals surface area contributed by atoms with E-state index in [1.165, 1.54) is 18.6 Å². The second-order valence-corrected chi connectivity index (χ2v) is 10.4. The number of fused-ring (bicyclic) bond motifs is 1. The van der Waals surface area contributed by atoms with Crippen LogP contribution in [0.25, 0.3) is 10.9 Å². The molecule has 4 heterocycles. The van der Waals surface area contributed by atoms with E-state index < -0.39 is 11.7 Å². The van der Waals surface area contributed by atoms with E-state index in [0.29, 0.717) is 22.3 Å². The molecule has 1 atom stereocenters. The maximum atomic E-state index is 14.9. The molecule has 10 nitrogen and oxygen atoms in total. The fraction of sp³-hybridized carbons (Fsp3) is 0.370. The summed E-state index contributed by atoms with van der Waals surface area (Å²) in [6, 6.07) is 6.72. The lowest BCUT2D eigenvalue weighted by Crippen LogP contribution is -2.22. The number of carbonyl (C=O) groups excluding carboxylic acids is 1. The van der Waals surface area contributed by atoms with Crippen molar-refractivity contribution in [3.63, 3.8) is 0 Å². The Labute approximate surface area is 219 Å². The molecule has 0 saturated carbocycles. The highest BCUT2D eigenvalue weighted by atomic mass is 19.1. The highest BCUT2D eigenvalue weighted by Gasteiger charge is 2.21. The van der Waals surface area contributed by atoms with Crippen LogP contribution in [0.15, 0.2) is 49.2 Å². The zero-order valence-electron chi connectivity index (χ0n) is 21.8. The number of halogens is 1. The van der Waals surface area contributed by atoms with Crippen LogP contribution in [0.2, 0.25) is 0 Å². The minimum Gasteiger partial charge on any atom is -0.489 e. The first-order valence-corrected chi connectivity index (χ1v) is 12.4. The number of likely N-dealkylation sites (tertiary alicyclic amines) is 1. The van der Waals surface area contributed by atoms with Gasteiger partial charge in [0.2, 0.25) is 11.8 Å². The second kappa shape index (κ2) is 10.3. The minimum atomic E-state index is -0.657. The van der Waals surface area contributed by atoms with Gasteiger partial charge in [0.15, 0.2) is 5.75 Å². The summed E-state index contributed by atoms with van der Waals surface area (Å²) < 4.78 is 28.6. The first-order chi connectivity index (χ1) is 18.1. The zero-order chi connectivity index (χ0) is 26.9. The van der Waals surface area contributed by atoms with Crippen LogP contribution in [0.5, 0.6) is 17.4 Å². The molecular formula is C27H30FN7O3. The second-order valence-electron chi connectivity index (χ2n) is 10.4. The molecule has 11 heteroatoms. The molecular weight excluding hydrogens is 489 g/mol. The summed E-state index contributed by atoms with van der Waals surface area (Å²) in [6.45, 7) is 7.86. The van der Waals surface area contributed by atoms with Crippen molar-refractivity contribution in [2.45, 2.75) is 45.3 Å². The number of carbonyl (C=O) groups is 1. The fourth-order valence-corrected chi connectivity index (χ4v) is 4.21. The molecule has 1 saturated heterocycles. The van der Waals surface area contributed by atoms with Crippen LogP contribution < -0.4 is 14.8 Å². The van der Waals surface area contributed by atoms with Gasteiger partial charge in [-0.25, -0.2) is 14.4 Å². The number of pyridine rings is 1. The first-order valence-electron chi connectivity index (χ1n) is 12.4. The summed E-state index contributed by atoms with van der Waals surface area (Å²) in [5.41, 5.74) is 0.984. The molecule has 5 rings (SSSR count). The van der Waals surface area contributed by atoms with Crippen molar-refractivity contribution in [1.29, 1.82) is 0 Å². The number of anilines is 1. The largest absolute Gasteiger partial charge is 0.489 e. The number of nitrogens with one attached hydrogen (secondary N) is 1. The third-order valence-electron chi connectivity index (χ3n) is 6.21. The van der Waals surface area contributed by atoms with E-state index in [-0.39, 0.29) is 35.4 Å². The van der Waals surface area contributed by atoms with Crippen molar-refractivity contribution in [2.75, 3.05) is 25.5 Å². The van der Waals surface area contributed by atoms with E-state index in [0.717, 1.165) is 19.5 Å². The van der Waals surface area contributed by atoms with Gasteiger partial charge >= 0.3 is 0 Å². The Hall–Kier alpha value is -4.12. The maximum absolute atomic E-state index is 14.9. The molecule has 1 amide bonds.